The average molecular weight is 348 g/mol. The smallest absolute Gasteiger partial charge is 0.294 e. The van der Waals surface area contributed by atoms with Crippen LogP contribution >= 0.6 is 0 Å². The number of para-hydroxylation sites is 1. The molecular weight excluding hydrogens is 332 g/mol. The zero-order valence-corrected chi connectivity index (χ0v) is 14.2. The molecule has 0 unspecified atom stereocenters. The van der Waals surface area contributed by atoms with Gasteiger partial charge in [-0.1, -0.05) is 23.8 Å². The van der Waals surface area contributed by atoms with Crippen LogP contribution < -0.4 is 4.31 Å². The van der Waals surface area contributed by atoms with Gasteiger partial charge in [-0.15, -0.1) is 0 Å². The molecule has 0 saturated heterocycles. The monoisotopic (exact) mass is 348 g/mol. The number of anilines is 1. The summed E-state index contributed by atoms with van der Waals surface area (Å²) in [5, 5.41) is 11.4. The molecule has 24 heavy (non-hydrogen) atoms. The zero-order valence-electron chi connectivity index (χ0n) is 13.4. The van der Waals surface area contributed by atoms with Gasteiger partial charge in [0, 0.05) is 7.05 Å². The number of aryl methyl sites for hydroxylation is 1. The summed E-state index contributed by atoms with van der Waals surface area (Å²) < 4.78 is 26.3. The van der Waals surface area contributed by atoms with Crippen molar-refractivity contribution in [2.24, 2.45) is 0 Å². The van der Waals surface area contributed by atoms with Crippen LogP contribution in [0.4, 0.5) is 11.4 Å². The molecule has 0 bridgehead atoms. The van der Waals surface area contributed by atoms with E-state index in [1.54, 1.807) is 12.1 Å². The standard InChI is InChI=1S/C16H16N2O5S/c1-11-7-9-13(10-8-11)24(22,23)17(3)15-6-4-5-14(12(2)19)16(15)18(20)21/h4-10H,1-3H3. The van der Waals surface area contributed by atoms with E-state index in [0.717, 1.165) is 9.87 Å². The summed E-state index contributed by atoms with van der Waals surface area (Å²) in [6.45, 7) is 3.02. The van der Waals surface area contributed by atoms with Gasteiger partial charge in [-0.2, -0.15) is 0 Å². The van der Waals surface area contributed by atoms with E-state index in [4.69, 9.17) is 0 Å². The number of carbonyl (C=O) groups is 1. The predicted octanol–water partition coefficient (Wildman–Crippen LogP) is 2.93. The van der Waals surface area contributed by atoms with Gasteiger partial charge in [0.05, 0.1) is 15.4 Å². The SMILES string of the molecule is CC(=O)c1cccc(N(C)S(=O)(=O)c2ccc(C)cc2)c1[N+](=O)[O-]. The zero-order chi connectivity index (χ0) is 18.1. The highest BCUT2D eigenvalue weighted by Gasteiger charge is 2.30. The van der Waals surface area contributed by atoms with Gasteiger partial charge in [-0.3, -0.25) is 19.2 Å². The minimum Gasteiger partial charge on any atom is -0.294 e. The van der Waals surface area contributed by atoms with E-state index < -0.39 is 26.4 Å². The van der Waals surface area contributed by atoms with Gasteiger partial charge in [0.2, 0.25) is 0 Å². The van der Waals surface area contributed by atoms with E-state index in [1.165, 1.54) is 44.3 Å². The Morgan fingerprint density at radius 3 is 2.21 bits per heavy atom. The van der Waals surface area contributed by atoms with Crippen molar-refractivity contribution in [1.82, 2.24) is 0 Å². The molecule has 0 saturated carbocycles. The number of rotatable bonds is 5. The molecule has 0 fully saturated rings. The first-order valence-corrected chi connectivity index (χ1v) is 8.44. The van der Waals surface area contributed by atoms with Crippen molar-refractivity contribution < 1.29 is 18.1 Å². The van der Waals surface area contributed by atoms with Crippen molar-refractivity contribution in [2.45, 2.75) is 18.7 Å². The summed E-state index contributed by atoms with van der Waals surface area (Å²) in [7, 11) is -2.77. The number of sulfonamides is 1. The minimum atomic E-state index is -3.99. The highest BCUT2D eigenvalue weighted by molar-refractivity contribution is 7.92. The Balaban J connectivity index is 2.63. The van der Waals surface area contributed by atoms with Crippen molar-refractivity contribution in [3.8, 4) is 0 Å². The number of carbonyl (C=O) groups excluding carboxylic acids is 1. The van der Waals surface area contributed by atoms with Gasteiger partial charge in [0.1, 0.15) is 5.69 Å². The van der Waals surface area contributed by atoms with Crippen LogP contribution in [0.25, 0.3) is 0 Å². The Morgan fingerprint density at radius 1 is 1.12 bits per heavy atom. The highest BCUT2D eigenvalue weighted by Crippen LogP contribution is 2.34. The molecule has 0 aromatic heterocycles. The summed E-state index contributed by atoms with van der Waals surface area (Å²) in [4.78, 5) is 22.3. The summed E-state index contributed by atoms with van der Waals surface area (Å²) in [5.41, 5.74) is 0.0704. The molecule has 8 heteroatoms. The molecule has 2 rings (SSSR count). The summed E-state index contributed by atoms with van der Waals surface area (Å²) in [6, 6.07) is 10.2. The Bertz CT molecular complexity index is 905. The lowest BCUT2D eigenvalue weighted by Crippen LogP contribution is -2.27. The number of nitro groups is 1. The maximum absolute atomic E-state index is 12.7. The second-order valence-corrected chi connectivity index (χ2v) is 7.24. The minimum absolute atomic E-state index is 0.0122. The highest BCUT2D eigenvalue weighted by atomic mass is 32.2. The van der Waals surface area contributed by atoms with Crippen LogP contribution in [0.2, 0.25) is 0 Å². The van der Waals surface area contributed by atoms with E-state index in [2.05, 4.69) is 0 Å². The van der Waals surface area contributed by atoms with Crippen LogP contribution in [-0.4, -0.2) is 26.2 Å². The fourth-order valence-corrected chi connectivity index (χ4v) is 3.46. The third-order valence-electron chi connectivity index (χ3n) is 3.60. The van der Waals surface area contributed by atoms with Gasteiger partial charge in [-0.25, -0.2) is 8.42 Å². The van der Waals surface area contributed by atoms with E-state index in [-0.39, 0.29) is 16.1 Å². The molecule has 2 aromatic rings. The molecule has 0 aliphatic rings. The lowest BCUT2D eigenvalue weighted by Gasteiger charge is -2.20. The number of hydrogen-bond acceptors (Lipinski definition) is 5. The van der Waals surface area contributed by atoms with E-state index >= 15 is 0 Å². The summed E-state index contributed by atoms with van der Waals surface area (Å²) in [6.07, 6.45) is 0. The van der Waals surface area contributed by atoms with Gasteiger partial charge < -0.3 is 0 Å². The average Bonchev–Trinajstić information content (AvgIpc) is 2.53. The molecule has 0 radical (unpaired) electrons. The molecular formula is C16H16N2O5S. The molecule has 0 aliphatic heterocycles. The van der Waals surface area contributed by atoms with Crippen molar-refractivity contribution in [3.05, 3.63) is 63.7 Å². The first kappa shape index (κ1) is 17.6. The van der Waals surface area contributed by atoms with E-state index in [1.807, 2.05) is 6.92 Å². The van der Waals surface area contributed by atoms with Crippen molar-refractivity contribution in [1.29, 1.82) is 0 Å². The maximum atomic E-state index is 12.7. The molecule has 7 nitrogen and oxygen atoms in total. The maximum Gasteiger partial charge on any atom is 0.304 e. The third-order valence-corrected chi connectivity index (χ3v) is 5.38. The molecule has 2 aromatic carbocycles. The predicted molar refractivity (Wildman–Crippen MR) is 89.9 cm³/mol. The largest absolute Gasteiger partial charge is 0.304 e. The Labute approximate surface area is 139 Å². The van der Waals surface area contributed by atoms with Crippen LogP contribution in [0.1, 0.15) is 22.8 Å². The molecule has 0 N–H and O–H groups in total. The fourth-order valence-electron chi connectivity index (χ4n) is 2.26. The van der Waals surface area contributed by atoms with Crippen molar-refractivity contribution in [2.75, 3.05) is 11.4 Å². The molecule has 0 spiro atoms. The number of Topliss-reactive ketones (excluding diaryl/α,β-unsaturated/α-hetero) is 1. The molecule has 126 valence electrons. The van der Waals surface area contributed by atoms with Gasteiger partial charge in [-0.05, 0) is 38.1 Å². The lowest BCUT2D eigenvalue weighted by molar-refractivity contribution is -0.384. The van der Waals surface area contributed by atoms with Crippen LogP contribution in [0.5, 0.6) is 0 Å². The number of benzene rings is 2. The second kappa shape index (κ2) is 6.40. The Kier molecular flexibility index (Phi) is 4.70. The fraction of sp³-hybridized carbons (Fsp3) is 0.188. The van der Waals surface area contributed by atoms with Crippen LogP contribution in [0.3, 0.4) is 0 Å². The number of hydrogen-bond donors (Lipinski definition) is 0. The van der Waals surface area contributed by atoms with Crippen molar-refractivity contribution >= 4 is 27.2 Å². The van der Waals surface area contributed by atoms with Gasteiger partial charge >= 0.3 is 5.69 Å². The normalized spacial score (nSPS) is 11.1. The summed E-state index contributed by atoms with van der Waals surface area (Å²) >= 11 is 0. The van der Waals surface area contributed by atoms with Crippen LogP contribution in [0.15, 0.2) is 47.4 Å². The summed E-state index contributed by atoms with van der Waals surface area (Å²) in [5.74, 6) is -0.510. The first-order valence-electron chi connectivity index (χ1n) is 7.00. The van der Waals surface area contributed by atoms with Gasteiger partial charge in [0.25, 0.3) is 10.0 Å². The first-order chi connectivity index (χ1) is 11.2. The second-order valence-electron chi connectivity index (χ2n) is 5.27. The Morgan fingerprint density at radius 2 is 1.71 bits per heavy atom. The molecule has 0 amide bonds. The Hall–Kier alpha value is -2.74. The quantitative estimate of drug-likeness (QED) is 0.470. The van der Waals surface area contributed by atoms with E-state index in [9.17, 15) is 23.3 Å². The van der Waals surface area contributed by atoms with Crippen LogP contribution in [0, 0.1) is 17.0 Å². The number of nitrogens with zero attached hydrogens (tertiary/aromatic N) is 2. The molecule has 0 atom stereocenters. The third kappa shape index (κ3) is 3.13. The van der Waals surface area contributed by atoms with Crippen LogP contribution in [-0.2, 0) is 10.0 Å². The lowest BCUT2D eigenvalue weighted by atomic mass is 10.1. The van der Waals surface area contributed by atoms with E-state index in [0.29, 0.717) is 0 Å². The topological polar surface area (TPSA) is 97.6 Å². The van der Waals surface area contributed by atoms with Gasteiger partial charge in [0.15, 0.2) is 5.78 Å². The molecule has 0 aliphatic carbocycles. The number of nitro benzene ring substituents is 1. The molecule has 0 heterocycles. The van der Waals surface area contributed by atoms with Crippen molar-refractivity contribution in [3.63, 3.8) is 0 Å². The number of ketones is 1.